The monoisotopic (exact) mass is 298 g/mol. The third-order valence-corrected chi connectivity index (χ3v) is 3.71. The first kappa shape index (κ1) is 16.4. The minimum atomic E-state index is 0.708. The van der Waals surface area contributed by atoms with Crippen LogP contribution in [0.25, 0.3) is 0 Å². The molecule has 0 amide bonds. The van der Waals surface area contributed by atoms with E-state index in [9.17, 15) is 0 Å². The smallest absolute Gasteiger partial charge is 0.119 e. The molecule has 0 spiro atoms. The Balaban J connectivity index is 2.24. The average molecular weight is 298 g/mol. The zero-order valence-electron chi connectivity index (χ0n) is 13.8. The van der Waals surface area contributed by atoms with E-state index in [1.807, 2.05) is 12.1 Å². The molecular formula is C19H26N2O. The molecule has 0 aliphatic heterocycles. The summed E-state index contributed by atoms with van der Waals surface area (Å²) in [5.41, 5.74) is 10.8. The minimum absolute atomic E-state index is 0.708. The number of anilines is 1. The van der Waals surface area contributed by atoms with Crippen LogP contribution < -0.4 is 15.4 Å². The predicted octanol–water partition coefficient (Wildman–Crippen LogP) is 3.67. The van der Waals surface area contributed by atoms with E-state index >= 15 is 0 Å². The summed E-state index contributed by atoms with van der Waals surface area (Å²) in [6, 6.07) is 14.9. The number of hydrogen-bond donors (Lipinski definition) is 1. The second kappa shape index (κ2) is 7.85. The number of rotatable bonds is 7. The summed E-state index contributed by atoms with van der Waals surface area (Å²) >= 11 is 0. The molecule has 2 rings (SSSR count). The minimum Gasteiger partial charge on any atom is -0.497 e. The molecule has 3 heteroatoms. The van der Waals surface area contributed by atoms with Gasteiger partial charge in [0.05, 0.1) is 7.11 Å². The van der Waals surface area contributed by atoms with E-state index in [1.165, 1.54) is 22.4 Å². The second-order valence-corrected chi connectivity index (χ2v) is 5.76. The van der Waals surface area contributed by atoms with Crippen LogP contribution in [-0.4, -0.2) is 20.2 Å². The van der Waals surface area contributed by atoms with Gasteiger partial charge in [-0.05, 0) is 67.8 Å². The number of nitrogens with two attached hydrogens (primary N) is 1. The van der Waals surface area contributed by atoms with Crippen molar-refractivity contribution < 1.29 is 4.74 Å². The first-order valence-corrected chi connectivity index (χ1v) is 7.78. The van der Waals surface area contributed by atoms with Crippen LogP contribution >= 0.6 is 0 Å². The molecule has 0 atom stereocenters. The third kappa shape index (κ3) is 4.50. The maximum atomic E-state index is 5.71. The Morgan fingerprint density at radius 2 is 1.77 bits per heavy atom. The van der Waals surface area contributed by atoms with Gasteiger partial charge in [-0.3, -0.25) is 0 Å². The highest BCUT2D eigenvalue weighted by molar-refractivity contribution is 5.51. The lowest BCUT2D eigenvalue weighted by atomic mass is 10.1. The molecule has 0 saturated carbocycles. The van der Waals surface area contributed by atoms with Crippen LogP contribution in [0.5, 0.6) is 5.75 Å². The molecule has 118 valence electrons. The molecule has 3 nitrogen and oxygen atoms in total. The molecule has 2 N–H and O–H groups in total. The number of hydrogen-bond acceptors (Lipinski definition) is 3. The fourth-order valence-electron chi connectivity index (χ4n) is 2.71. The normalized spacial score (nSPS) is 10.5. The van der Waals surface area contributed by atoms with Gasteiger partial charge < -0.3 is 15.4 Å². The zero-order chi connectivity index (χ0) is 15.9. The van der Waals surface area contributed by atoms with E-state index in [0.29, 0.717) is 6.54 Å². The van der Waals surface area contributed by atoms with Crippen molar-refractivity contribution in [3.63, 3.8) is 0 Å². The van der Waals surface area contributed by atoms with Gasteiger partial charge in [-0.2, -0.15) is 0 Å². The SMILES string of the molecule is COc1cccc(CN(CCCN)c2cc(C)cc(C)c2)c1. The Morgan fingerprint density at radius 1 is 1.05 bits per heavy atom. The maximum Gasteiger partial charge on any atom is 0.119 e. The van der Waals surface area contributed by atoms with Crippen LogP contribution in [-0.2, 0) is 6.54 Å². The highest BCUT2D eigenvalue weighted by Gasteiger charge is 2.09. The molecule has 0 heterocycles. The van der Waals surface area contributed by atoms with Crippen molar-refractivity contribution in [3.05, 3.63) is 59.2 Å². The van der Waals surface area contributed by atoms with Gasteiger partial charge in [0.15, 0.2) is 0 Å². The number of benzene rings is 2. The van der Waals surface area contributed by atoms with E-state index in [4.69, 9.17) is 10.5 Å². The molecule has 0 fully saturated rings. The number of aryl methyl sites for hydroxylation is 2. The highest BCUT2D eigenvalue weighted by atomic mass is 16.5. The largest absolute Gasteiger partial charge is 0.497 e. The predicted molar refractivity (Wildman–Crippen MR) is 93.6 cm³/mol. The van der Waals surface area contributed by atoms with E-state index in [-0.39, 0.29) is 0 Å². The molecule has 22 heavy (non-hydrogen) atoms. The van der Waals surface area contributed by atoms with Gasteiger partial charge in [-0.25, -0.2) is 0 Å². The van der Waals surface area contributed by atoms with Crippen molar-refractivity contribution in [1.29, 1.82) is 0 Å². The zero-order valence-corrected chi connectivity index (χ0v) is 13.8. The van der Waals surface area contributed by atoms with Gasteiger partial charge in [0.2, 0.25) is 0 Å². The van der Waals surface area contributed by atoms with Crippen molar-refractivity contribution >= 4 is 5.69 Å². The summed E-state index contributed by atoms with van der Waals surface area (Å²) in [5, 5.41) is 0. The van der Waals surface area contributed by atoms with Crippen LogP contribution in [0.1, 0.15) is 23.1 Å². The summed E-state index contributed by atoms with van der Waals surface area (Å²) in [5.74, 6) is 0.900. The first-order valence-electron chi connectivity index (χ1n) is 7.78. The highest BCUT2D eigenvalue weighted by Crippen LogP contribution is 2.22. The summed E-state index contributed by atoms with van der Waals surface area (Å²) in [4.78, 5) is 2.39. The van der Waals surface area contributed by atoms with Crippen molar-refractivity contribution in [2.24, 2.45) is 5.73 Å². The van der Waals surface area contributed by atoms with Crippen molar-refractivity contribution in [1.82, 2.24) is 0 Å². The molecule has 0 bridgehead atoms. The molecule has 0 unspecified atom stereocenters. The number of nitrogens with zero attached hydrogens (tertiary/aromatic N) is 1. The maximum absolute atomic E-state index is 5.71. The van der Waals surface area contributed by atoms with Gasteiger partial charge in [0.1, 0.15) is 5.75 Å². The molecule has 2 aromatic carbocycles. The average Bonchev–Trinajstić information content (AvgIpc) is 2.50. The Labute approximate surface area is 133 Å². The summed E-state index contributed by atoms with van der Waals surface area (Å²) in [6.07, 6.45) is 0.983. The van der Waals surface area contributed by atoms with Crippen LogP contribution in [0.4, 0.5) is 5.69 Å². The van der Waals surface area contributed by atoms with Crippen molar-refractivity contribution in [3.8, 4) is 5.75 Å². The Kier molecular flexibility index (Phi) is 5.84. The van der Waals surface area contributed by atoms with E-state index in [1.54, 1.807) is 7.11 Å². The number of methoxy groups -OCH3 is 1. The van der Waals surface area contributed by atoms with Gasteiger partial charge in [0, 0.05) is 18.8 Å². The lowest BCUT2D eigenvalue weighted by Crippen LogP contribution is -2.25. The van der Waals surface area contributed by atoms with Crippen molar-refractivity contribution in [2.75, 3.05) is 25.1 Å². The van der Waals surface area contributed by atoms with Crippen LogP contribution in [0.2, 0.25) is 0 Å². The molecule has 0 aliphatic rings. The quantitative estimate of drug-likeness (QED) is 0.847. The van der Waals surface area contributed by atoms with Crippen molar-refractivity contribution in [2.45, 2.75) is 26.8 Å². The number of ether oxygens (including phenoxy) is 1. The molecule has 0 saturated heterocycles. The Hall–Kier alpha value is -2.00. The summed E-state index contributed by atoms with van der Waals surface area (Å²) in [7, 11) is 1.70. The lowest BCUT2D eigenvalue weighted by molar-refractivity contribution is 0.414. The van der Waals surface area contributed by atoms with Crippen LogP contribution in [0.3, 0.4) is 0 Å². The lowest BCUT2D eigenvalue weighted by Gasteiger charge is -2.26. The van der Waals surface area contributed by atoms with E-state index < -0.39 is 0 Å². The van der Waals surface area contributed by atoms with Gasteiger partial charge in [-0.1, -0.05) is 18.2 Å². The Morgan fingerprint density at radius 3 is 2.41 bits per heavy atom. The van der Waals surface area contributed by atoms with E-state index in [2.05, 4.69) is 49.1 Å². The molecule has 0 radical (unpaired) electrons. The summed E-state index contributed by atoms with van der Waals surface area (Å²) in [6.45, 7) is 6.81. The molecule has 0 aliphatic carbocycles. The third-order valence-electron chi connectivity index (χ3n) is 3.71. The fourth-order valence-corrected chi connectivity index (χ4v) is 2.71. The van der Waals surface area contributed by atoms with Crippen LogP contribution in [0, 0.1) is 13.8 Å². The Bertz CT molecular complexity index is 590. The van der Waals surface area contributed by atoms with Crippen LogP contribution in [0.15, 0.2) is 42.5 Å². The molecule has 2 aromatic rings. The fraction of sp³-hybridized carbons (Fsp3) is 0.368. The van der Waals surface area contributed by atoms with Gasteiger partial charge in [0.25, 0.3) is 0 Å². The van der Waals surface area contributed by atoms with Gasteiger partial charge >= 0.3 is 0 Å². The van der Waals surface area contributed by atoms with E-state index in [0.717, 1.165) is 25.3 Å². The topological polar surface area (TPSA) is 38.5 Å². The summed E-state index contributed by atoms with van der Waals surface area (Å²) < 4.78 is 5.32. The van der Waals surface area contributed by atoms with Gasteiger partial charge in [-0.15, -0.1) is 0 Å². The molecular weight excluding hydrogens is 272 g/mol. The standard InChI is InChI=1S/C19H26N2O/c1-15-10-16(2)12-18(11-15)21(9-5-8-20)14-17-6-4-7-19(13-17)22-3/h4,6-7,10-13H,5,8-9,14,20H2,1-3H3. The second-order valence-electron chi connectivity index (χ2n) is 5.76. The molecule has 0 aromatic heterocycles. The first-order chi connectivity index (χ1) is 10.6.